The molecule has 2 saturated carbocycles. The van der Waals surface area contributed by atoms with Gasteiger partial charge in [-0.1, -0.05) is 18.9 Å². The van der Waals surface area contributed by atoms with E-state index in [0.29, 0.717) is 11.7 Å². The Labute approximate surface area is 85.6 Å². The molecule has 0 bridgehead atoms. The van der Waals surface area contributed by atoms with Crippen molar-refractivity contribution in [3.8, 4) is 0 Å². The van der Waals surface area contributed by atoms with Crippen LogP contribution in [-0.4, -0.2) is 5.78 Å². The Morgan fingerprint density at radius 3 is 2.86 bits per heavy atom. The van der Waals surface area contributed by atoms with Crippen LogP contribution < -0.4 is 0 Å². The number of carbonyl (C=O) groups is 1. The fraction of sp³-hybridized carbons (Fsp3) is 0.769. The Morgan fingerprint density at radius 2 is 1.93 bits per heavy atom. The van der Waals surface area contributed by atoms with Gasteiger partial charge in [0.25, 0.3) is 0 Å². The summed E-state index contributed by atoms with van der Waals surface area (Å²) in [7, 11) is 0. The van der Waals surface area contributed by atoms with Crippen molar-refractivity contribution in [2.24, 2.45) is 23.7 Å². The van der Waals surface area contributed by atoms with E-state index in [-0.39, 0.29) is 0 Å². The van der Waals surface area contributed by atoms with Crippen molar-refractivity contribution < 1.29 is 4.79 Å². The van der Waals surface area contributed by atoms with E-state index in [1.807, 2.05) is 6.08 Å². The molecular weight excluding hydrogens is 172 g/mol. The smallest absolute Gasteiger partial charge is 0.155 e. The molecule has 3 aliphatic rings. The van der Waals surface area contributed by atoms with Crippen LogP contribution in [0.5, 0.6) is 0 Å². The summed E-state index contributed by atoms with van der Waals surface area (Å²) in [5.74, 6) is 3.75. The van der Waals surface area contributed by atoms with Crippen molar-refractivity contribution in [2.45, 2.75) is 38.5 Å². The second-order valence-electron chi connectivity index (χ2n) is 5.30. The Balaban J connectivity index is 1.86. The van der Waals surface area contributed by atoms with Crippen molar-refractivity contribution in [3.05, 3.63) is 12.2 Å². The summed E-state index contributed by atoms with van der Waals surface area (Å²) in [6.45, 7) is 0. The Hall–Kier alpha value is -0.590. The van der Waals surface area contributed by atoms with Crippen LogP contribution in [-0.2, 0) is 4.79 Å². The maximum absolute atomic E-state index is 11.3. The molecule has 0 N–H and O–H groups in total. The van der Waals surface area contributed by atoms with E-state index in [2.05, 4.69) is 6.08 Å². The van der Waals surface area contributed by atoms with Gasteiger partial charge in [-0.3, -0.25) is 4.79 Å². The van der Waals surface area contributed by atoms with Gasteiger partial charge in [0.05, 0.1) is 0 Å². The van der Waals surface area contributed by atoms with Crippen LogP contribution in [0.1, 0.15) is 38.5 Å². The van der Waals surface area contributed by atoms with E-state index in [1.165, 1.54) is 32.1 Å². The maximum atomic E-state index is 11.3. The molecule has 0 radical (unpaired) electrons. The third-order valence-electron chi connectivity index (χ3n) is 4.63. The quantitative estimate of drug-likeness (QED) is 0.574. The molecule has 3 aliphatic carbocycles. The summed E-state index contributed by atoms with van der Waals surface area (Å²) in [6.07, 6.45) is 11.9. The first-order valence-corrected chi connectivity index (χ1v) is 6.05. The topological polar surface area (TPSA) is 17.1 Å². The fourth-order valence-corrected chi connectivity index (χ4v) is 3.98. The molecule has 0 saturated heterocycles. The van der Waals surface area contributed by atoms with Gasteiger partial charge in [0.15, 0.2) is 5.78 Å². The minimum atomic E-state index is 0.364. The lowest BCUT2D eigenvalue weighted by atomic mass is 9.65. The first-order valence-electron chi connectivity index (χ1n) is 6.05. The number of hydrogen-bond donors (Lipinski definition) is 0. The molecule has 3 rings (SSSR count). The van der Waals surface area contributed by atoms with E-state index in [1.54, 1.807) is 0 Å². The monoisotopic (exact) mass is 190 g/mol. The van der Waals surface area contributed by atoms with E-state index >= 15 is 0 Å². The van der Waals surface area contributed by atoms with E-state index in [0.717, 1.165) is 24.2 Å². The zero-order valence-electron chi connectivity index (χ0n) is 8.61. The lowest BCUT2D eigenvalue weighted by Gasteiger charge is -2.40. The maximum Gasteiger partial charge on any atom is 0.155 e. The lowest BCUT2D eigenvalue weighted by molar-refractivity contribution is -0.117. The molecule has 0 heterocycles. The fourth-order valence-electron chi connectivity index (χ4n) is 3.98. The highest BCUT2D eigenvalue weighted by molar-refractivity contribution is 5.90. The van der Waals surface area contributed by atoms with Gasteiger partial charge in [-0.2, -0.15) is 0 Å². The molecule has 4 atom stereocenters. The zero-order valence-corrected chi connectivity index (χ0v) is 8.61. The van der Waals surface area contributed by atoms with Gasteiger partial charge in [-0.15, -0.1) is 0 Å². The standard InChI is InChI=1S/C13H18O/c14-11-6-7-13-10(8-11)5-4-9-2-1-3-12(9)13/h6-7,9-10,12-13H,1-5,8H2. The van der Waals surface area contributed by atoms with Crippen LogP contribution in [0.2, 0.25) is 0 Å². The zero-order chi connectivity index (χ0) is 9.54. The van der Waals surface area contributed by atoms with Gasteiger partial charge in [0, 0.05) is 6.42 Å². The third kappa shape index (κ3) is 1.25. The van der Waals surface area contributed by atoms with Crippen molar-refractivity contribution >= 4 is 5.78 Å². The Morgan fingerprint density at radius 1 is 1.07 bits per heavy atom. The number of fused-ring (bicyclic) bond motifs is 3. The number of rotatable bonds is 0. The molecular formula is C13H18O. The molecule has 0 aromatic carbocycles. The highest BCUT2D eigenvalue weighted by Crippen LogP contribution is 2.50. The summed E-state index contributed by atoms with van der Waals surface area (Å²) < 4.78 is 0. The lowest BCUT2D eigenvalue weighted by Crippen LogP contribution is -2.33. The van der Waals surface area contributed by atoms with Crippen LogP contribution >= 0.6 is 0 Å². The summed E-state index contributed by atoms with van der Waals surface area (Å²) in [5, 5.41) is 0. The van der Waals surface area contributed by atoms with Crippen LogP contribution in [0.15, 0.2) is 12.2 Å². The molecule has 0 aromatic heterocycles. The Kier molecular flexibility index (Phi) is 2.00. The summed E-state index contributed by atoms with van der Waals surface area (Å²) in [6, 6.07) is 0. The highest BCUT2D eigenvalue weighted by atomic mass is 16.1. The number of ketones is 1. The van der Waals surface area contributed by atoms with E-state index in [4.69, 9.17) is 0 Å². The first kappa shape index (κ1) is 8.70. The highest BCUT2D eigenvalue weighted by Gasteiger charge is 2.41. The van der Waals surface area contributed by atoms with E-state index in [9.17, 15) is 4.79 Å². The average molecular weight is 190 g/mol. The number of carbonyl (C=O) groups excluding carboxylic acids is 1. The second kappa shape index (κ2) is 3.22. The molecule has 0 amide bonds. The summed E-state index contributed by atoms with van der Waals surface area (Å²) >= 11 is 0. The largest absolute Gasteiger partial charge is 0.295 e. The minimum Gasteiger partial charge on any atom is -0.295 e. The molecule has 1 heteroatoms. The van der Waals surface area contributed by atoms with Crippen LogP contribution in [0.4, 0.5) is 0 Å². The molecule has 76 valence electrons. The number of hydrogen-bond acceptors (Lipinski definition) is 1. The Bertz CT molecular complexity index is 279. The minimum absolute atomic E-state index is 0.364. The second-order valence-corrected chi connectivity index (χ2v) is 5.30. The number of allylic oxidation sites excluding steroid dienone is 2. The van der Waals surface area contributed by atoms with Gasteiger partial charge in [-0.05, 0) is 49.0 Å². The van der Waals surface area contributed by atoms with Crippen molar-refractivity contribution in [1.29, 1.82) is 0 Å². The van der Waals surface area contributed by atoms with Gasteiger partial charge in [-0.25, -0.2) is 0 Å². The van der Waals surface area contributed by atoms with Gasteiger partial charge in [0.2, 0.25) is 0 Å². The SMILES string of the molecule is O=C1C=CC2C(CCC3CCCC32)C1. The van der Waals surface area contributed by atoms with Crippen molar-refractivity contribution in [1.82, 2.24) is 0 Å². The molecule has 1 nitrogen and oxygen atoms in total. The molecule has 4 unspecified atom stereocenters. The molecule has 0 spiro atoms. The average Bonchev–Trinajstić information content (AvgIpc) is 2.65. The molecule has 2 fully saturated rings. The van der Waals surface area contributed by atoms with Crippen LogP contribution in [0, 0.1) is 23.7 Å². The molecule has 14 heavy (non-hydrogen) atoms. The predicted octanol–water partition coefficient (Wildman–Crippen LogP) is 2.96. The summed E-state index contributed by atoms with van der Waals surface area (Å²) in [4.78, 5) is 11.3. The van der Waals surface area contributed by atoms with Crippen LogP contribution in [0.3, 0.4) is 0 Å². The van der Waals surface area contributed by atoms with Crippen molar-refractivity contribution in [3.63, 3.8) is 0 Å². The van der Waals surface area contributed by atoms with Crippen LogP contribution in [0.25, 0.3) is 0 Å². The van der Waals surface area contributed by atoms with E-state index < -0.39 is 0 Å². The normalized spacial score (nSPS) is 46.1. The van der Waals surface area contributed by atoms with Gasteiger partial charge >= 0.3 is 0 Å². The molecule has 0 aromatic rings. The molecule has 0 aliphatic heterocycles. The predicted molar refractivity (Wildman–Crippen MR) is 55.8 cm³/mol. The van der Waals surface area contributed by atoms with Gasteiger partial charge in [0.1, 0.15) is 0 Å². The first-order chi connectivity index (χ1) is 6.84. The third-order valence-corrected chi connectivity index (χ3v) is 4.63. The van der Waals surface area contributed by atoms with Gasteiger partial charge < -0.3 is 0 Å². The summed E-state index contributed by atoms with van der Waals surface area (Å²) in [5.41, 5.74) is 0. The van der Waals surface area contributed by atoms with Crippen molar-refractivity contribution in [2.75, 3.05) is 0 Å².